The molecule has 174 valence electrons. The van der Waals surface area contributed by atoms with Crippen LogP contribution < -0.4 is 0 Å². The van der Waals surface area contributed by atoms with Crippen LogP contribution in [0.3, 0.4) is 0 Å². The Balaban J connectivity index is 1.38. The number of hydrogen-bond acceptors (Lipinski definition) is 1. The zero-order valence-corrected chi connectivity index (χ0v) is 20.4. The molecule has 3 aromatic carbocycles. The molecule has 0 aromatic heterocycles. The molecule has 0 saturated heterocycles. The fraction of sp³-hybridized carbons (Fsp3) is 0.406. The summed E-state index contributed by atoms with van der Waals surface area (Å²) in [5.41, 5.74) is 5.08. The summed E-state index contributed by atoms with van der Waals surface area (Å²) in [6, 6.07) is 30.2. The maximum absolute atomic E-state index is 14.5. The summed E-state index contributed by atoms with van der Waals surface area (Å²) in [6.45, 7) is 2.16. The van der Waals surface area contributed by atoms with Crippen molar-refractivity contribution in [1.29, 1.82) is 0 Å². The summed E-state index contributed by atoms with van der Waals surface area (Å²) < 4.78 is 0. The maximum atomic E-state index is 14.5. The van der Waals surface area contributed by atoms with Crippen molar-refractivity contribution in [3.8, 4) is 0 Å². The van der Waals surface area contributed by atoms with Crippen molar-refractivity contribution in [3.05, 3.63) is 107 Å². The molecular weight excluding hydrogens is 414 g/mol. The maximum Gasteiger partial charge on any atom is 0.229 e. The van der Waals surface area contributed by atoms with Gasteiger partial charge >= 0.3 is 0 Å². The van der Waals surface area contributed by atoms with Crippen LogP contribution in [0.15, 0.2) is 84.9 Å². The highest BCUT2D eigenvalue weighted by Gasteiger charge is 2.61. The molecular formula is C32H35NO. The molecule has 0 heterocycles. The van der Waals surface area contributed by atoms with Gasteiger partial charge < -0.3 is 4.90 Å². The van der Waals surface area contributed by atoms with E-state index in [1.807, 2.05) is 7.05 Å². The Bertz CT molecular complexity index is 1110. The average Bonchev–Trinajstić information content (AvgIpc) is 2.84. The van der Waals surface area contributed by atoms with Crippen molar-refractivity contribution in [3.63, 3.8) is 0 Å². The highest BCUT2D eigenvalue weighted by atomic mass is 16.2. The lowest BCUT2D eigenvalue weighted by atomic mass is 9.42. The Morgan fingerprint density at radius 2 is 1.32 bits per heavy atom. The van der Waals surface area contributed by atoms with Crippen molar-refractivity contribution in [2.75, 3.05) is 7.05 Å². The predicted molar refractivity (Wildman–Crippen MR) is 137 cm³/mol. The lowest BCUT2D eigenvalue weighted by Crippen LogP contribution is -2.59. The number of nitrogens with zero attached hydrogens (tertiary/aromatic N) is 1. The van der Waals surface area contributed by atoms with E-state index in [9.17, 15) is 4.79 Å². The molecule has 0 spiro atoms. The van der Waals surface area contributed by atoms with Crippen LogP contribution in [-0.2, 0) is 10.2 Å². The van der Waals surface area contributed by atoms with Gasteiger partial charge in [0.25, 0.3) is 0 Å². The predicted octanol–water partition coefficient (Wildman–Crippen LogP) is 7.08. The molecule has 2 unspecified atom stereocenters. The van der Waals surface area contributed by atoms with Crippen LogP contribution in [0.25, 0.3) is 0 Å². The van der Waals surface area contributed by atoms with E-state index >= 15 is 0 Å². The smallest absolute Gasteiger partial charge is 0.229 e. The molecule has 2 nitrogen and oxygen atoms in total. The number of benzene rings is 3. The number of amides is 1. The summed E-state index contributed by atoms with van der Waals surface area (Å²) >= 11 is 0. The summed E-state index contributed by atoms with van der Waals surface area (Å²) in [6.07, 6.45) is 6.97. The summed E-state index contributed by atoms with van der Waals surface area (Å²) in [5.74, 6) is 1.70. The molecule has 4 saturated carbocycles. The van der Waals surface area contributed by atoms with Crippen molar-refractivity contribution >= 4 is 5.91 Å². The average molecular weight is 450 g/mol. The Labute approximate surface area is 204 Å². The molecule has 4 aliphatic rings. The molecule has 4 fully saturated rings. The third-order valence-electron chi connectivity index (χ3n) is 9.12. The molecule has 1 amide bonds. The Morgan fingerprint density at radius 3 is 1.85 bits per heavy atom. The second-order valence-electron chi connectivity index (χ2n) is 11.5. The van der Waals surface area contributed by atoms with Crippen molar-refractivity contribution in [2.45, 2.75) is 56.9 Å². The molecule has 4 atom stereocenters. The van der Waals surface area contributed by atoms with E-state index in [-0.39, 0.29) is 16.9 Å². The third-order valence-corrected chi connectivity index (χ3v) is 9.12. The number of carbonyl (C=O) groups excluding carboxylic acids is 1. The second kappa shape index (κ2) is 8.12. The van der Waals surface area contributed by atoms with E-state index in [0.717, 1.165) is 19.3 Å². The lowest BCUT2D eigenvalue weighted by molar-refractivity contribution is -0.160. The number of hydrogen-bond donors (Lipinski definition) is 0. The van der Waals surface area contributed by atoms with E-state index in [4.69, 9.17) is 0 Å². The third kappa shape index (κ3) is 3.50. The van der Waals surface area contributed by atoms with Crippen LogP contribution in [-0.4, -0.2) is 17.9 Å². The first-order valence-corrected chi connectivity index (χ1v) is 12.9. The SMILES string of the molecule is Cc1ccc(C23C[C@@H]4C[C@@H](CC(C(=O)N(C)C(c5ccccc5)c5ccccc5)(C4)C2)C3)cc1. The zero-order valence-electron chi connectivity index (χ0n) is 20.4. The first-order valence-electron chi connectivity index (χ1n) is 12.9. The van der Waals surface area contributed by atoms with Gasteiger partial charge in [-0.1, -0.05) is 90.5 Å². The molecule has 34 heavy (non-hydrogen) atoms. The van der Waals surface area contributed by atoms with Crippen LogP contribution in [0, 0.1) is 24.2 Å². The molecule has 0 N–H and O–H groups in total. The summed E-state index contributed by atoms with van der Waals surface area (Å²) in [4.78, 5) is 16.6. The van der Waals surface area contributed by atoms with E-state index < -0.39 is 0 Å². The molecule has 3 aromatic rings. The summed E-state index contributed by atoms with van der Waals surface area (Å²) in [5, 5.41) is 0. The van der Waals surface area contributed by atoms with Gasteiger partial charge in [0.15, 0.2) is 0 Å². The normalized spacial score (nSPS) is 29.4. The van der Waals surface area contributed by atoms with Gasteiger partial charge in [-0.15, -0.1) is 0 Å². The van der Waals surface area contributed by atoms with Gasteiger partial charge in [0.2, 0.25) is 5.91 Å². The van der Waals surface area contributed by atoms with E-state index in [2.05, 4.69) is 96.8 Å². The van der Waals surface area contributed by atoms with Gasteiger partial charge in [-0.25, -0.2) is 0 Å². The minimum Gasteiger partial charge on any atom is -0.334 e. The topological polar surface area (TPSA) is 20.3 Å². The van der Waals surface area contributed by atoms with Gasteiger partial charge in [0, 0.05) is 7.05 Å². The minimum absolute atomic E-state index is 0.0572. The Kier molecular flexibility index (Phi) is 5.17. The molecule has 0 radical (unpaired) electrons. The van der Waals surface area contributed by atoms with Gasteiger partial charge in [0.1, 0.15) is 0 Å². The highest BCUT2D eigenvalue weighted by Crippen LogP contribution is 2.66. The molecule has 4 bridgehead atoms. The van der Waals surface area contributed by atoms with Gasteiger partial charge in [-0.3, -0.25) is 4.79 Å². The van der Waals surface area contributed by atoms with Crippen molar-refractivity contribution in [1.82, 2.24) is 4.90 Å². The minimum atomic E-state index is -0.231. The first kappa shape index (κ1) is 21.6. The molecule has 2 heteroatoms. The summed E-state index contributed by atoms with van der Waals surface area (Å²) in [7, 11) is 2.05. The standard InChI is InChI=1S/C32H35NO/c1-23-13-15-28(16-14-23)31-18-24-17-25(19-31)21-32(20-24,22-31)30(34)33(2)29(26-9-5-3-6-10-26)27-11-7-4-8-12-27/h3-16,24-25,29H,17-22H2,1-2H3/t24-,25+,31?,32?. The van der Waals surface area contributed by atoms with Crippen LogP contribution in [0.2, 0.25) is 0 Å². The van der Waals surface area contributed by atoms with E-state index in [1.165, 1.54) is 41.5 Å². The quantitative estimate of drug-likeness (QED) is 0.407. The van der Waals surface area contributed by atoms with Crippen LogP contribution in [0.1, 0.15) is 66.8 Å². The van der Waals surface area contributed by atoms with Crippen LogP contribution in [0.5, 0.6) is 0 Å². The molecule has 7 rings (SSSR count). The fourth-order valence-corrected chi connectivity index (χ4v) is 8.16. The van der Waals surface area contributed by atoms with Crippen molar-refractivity contribution < 1.29 is 4.79 Å². The number of rotatable bonds is 5. The lowest BCUT2D eigenvalue weighted by Gasteiger charge is -2.62. The van der Waals surface area contributed by atoms with E-state index in [1.54, 1.807) is 0 Å². The van der Waals surface area contributed by atoms with Gasteiger partial charge in [-0.05, 0) is 79.4 Å². The van der Waals surface area contributed by atoms with Crippen LogP contribution in [0.4, 0.5) is 0 Å². The first-order chi connectivity index (χ1) is 16.5. The Morgan fingerprint density at radius 1 is 0.794 bits per heavy atom. The molecule has 0 aliphatic heterocycles. The zero-order chi connectivity index (χ0) is 23.3. The fourth-order valence-electron chi connectivity index (χ4n) is 8.16. The van der Waals surface area contributed by atoms with E-state index in [0.29, 0.717) is 17.7 Å². The van der Waals surface area contributed by atoms with Gasteiger partial charge in [0.05, 0.1) is 11.5 Å². The highest BCUT2D eigenvalue weighted by molar-refractivity contribution is 5.84. The number of carbonyl (C=O) groups is 1. The second-order valence-corrected chi connectivity index (χ2v) is 11.5. The van der Waals surface area contributed by atoms with Crippen molar-refractivity contribution in [2.24, 2.45) is 17.3 Å². The largest absolute Gasteiger partial charge is 0.334 e. The Hall–Kier alpha value is -2.87. The monoisotopic (exact) mass is 449 g/mol. The number of aryl methyl sites for hydroxylation is 1. The van der Waals surface area contributed by atoms with Crippen LogP contribution >= 0.6 is 0 Å². The molecule has 4 aliphatic carbocycles. The van der Waals surface area contributed by atoms with Gasteiger partial charge in [-0.2, -0.15) is 0 Å².